The minimum Gasteiger partial charge on any atom is -0.303 e. The number of urea groups is 1. The molecule has 0 spiro atoms. The lowest BCUT2D eigenvalue weighted by atomic mass is 9.94. The van der Waals surface area contributed by atoms with Gasteiger partial charge in [0.1, 0.15) is 5.70 Å². The van der Waals surface area contributed by atoms with Crippen LogP contribution in [0.3, 0.4) is 0 Å². The van der Waals surface area contributed by atoms with Crippen molar-refractivity contribution in [3.05, 3.63) is 40.5 Å². The monoisotopic (exact) mass is 304 g/mol. The number of halogens is 1. The molecule has 1 saturated carbocycles. The molecule has 5 heteroatoms. The Kier molecular flexibility index (Phi) is 3.97. The predicted molar refractivity (Wildman–Crippen MR) is 81.7 cm³/mol. The van der Waals surface area contributed by atoms with E-state index in [0.29, 0.717) is 10.7 Å². The molecule has 3 rings (SSSR count). The second-order valence-corrected chi connectivity index (χ2v) is 5.94. The van der Waals surface area contributed by atoms with Gasteiger partial charge in [-0.15, -0.1) is 0 Å². The molecule has 1 aliphatic carbocycles. The number of amides is 3. The summed E-state index contributed by atoms with van der Waals surface area (Å²) < 4.78 is 0. The van der Waals surface area contributed by atoms with Crippen LogP contribution in [0.2, 0.25) is 5.02 Å². The van der Waals surface area contributed by atoms with Crippen LogP contribution in [0.1, 0.15) is 37.7 Å². The van der Waals surface area contributed by atoms with Gasteiger partial charge in [-0.3, -0.25) is 9.69 Å². The van der Waals surface area contributed by atoms with E-state index in [9.17, 15) is 9.59 Å². The van der Waals surface area contributed by atoms with Crippen LogP contribution in [0.5, 0.6) is 0 Å². The minimum atomic E-state index is -0.299. The zero-order valence-electron chi connectivity index (χ0n) is 11.6. The highest BCUT2D eigenvalue weighted by Crippen LogP contribution is 2.26. The van der Waals surface area contributed by atoms with Crippen molar-refractivity contribution in [2.45, 2.75) is 38.1 Å². The van der Waals surface area contributed by atoms with E-state index in [4.69, 9.17) is 11.6 Å². The zero-order chi connectivity index (χ0) is 14.8. The largest absolute Gasteiger partial charge is 0.329 e. The predicted octanol–water partition coefficient (Wildman–Crippen LogP) is 3.57. The summed E-state index contributed by atoms with van der Waals surface area (Å²) in [5.41, 5.74) is 1.18. The molecule has 21 heavy (non-hydrogen) atoms. The van der Waals surface area contributed by atoms with E-state index < -0.39 is 0 Å². The molecule has 2 aliphatic rings. The Morgan fingerprint density at radius 2 is 1.76 bits per heavy atom. The first-order valence-electron chi connectivity index (χ1n) is 7.27. The third-order valence-electron chi connectivity index (χ3n) is 4.03. The average molecular weight is 305 g/mol. The van der Waals surface area contributed by atoms with E-state index in [1.165, 1.54) is 11.3 Å². The summed E-state index contributed by atoms with van der Waals surface area (Å²) >= 11 is 5.84. The van der Waals surface area contributed by atoms with Crippen molar-refractivity contribution in [1.29, 1.82) is 0 Å². The van der Waals surface area contributed by atoms with Gasteiger partial charge in [0.05, 0.1) is 0 Å². The number of nitrogens with one attached hydrogen (secondary N) is 1. The summed E-state index contributed by atoms with van der Waals surface area (Å²) in [5, 5.41) is 3.32. The number of nitrogens with zero attached hydrogens (tertiary/aromatic N) is 1. The number of hydrogen-bond donors (Lipinski definition) is 1. The first-order valence-corrected chi connectivity index (χ1v) is 7.65. The summed E-state index contributed by atoms with van der Waals surface area (Å²) in [6, 6.07) is 6.90. The molecule has 0 unspecified atom stereocenters. The van der Waals surface area contributed by atoms with E-state index in [-0.39, 0.29) is 18.0 Å². The van der Waals surface area contributed by atoms with Crippen LogP contribution in [-0.2, 0) is 4.79 Å². The van der Waals surface area contributed by atoms with Crippen LogP contribution < -0.4 is 5.32 Å². The number of rotatable bonds is 2. The molecule has 3 amide bonds. The first kappa shape index (κ1) is 14.1. The SMILES string of the molecule is O=C1N/C(=C\c2ccc(Cl)cc2)C(=O)N1C1CCCCC1. The Labute approximate surface area is 128 Å². The van der Waals surface area contributed by atoms with Crippen LogP contribution in [0.25, 0.3) is 6.08 Å². The maximum Gasteiger partial charge on any atom is 0.329 e. The summed E-state index contributed by atoms with van der Waals surface area (Å²) in [4.78, 5) is 25.9. The molecule has 1 saturated heterocycles. The number of benzene rings is 1. The van der Waals surface area contributed by atoms with E-state index in [0.717, 1.165) is 31.2 Å². The highest BCUT2D eigenvalue weighted by Gasteiger charge is 2.38. The molecular formula is C16H17ClN2O2. The van der Waals surface area contributed by atoms with Gasteiger partial charge in [-0.05, 0) is 36.6 Å². The highest BCUT2D eigenvalue weighted by atomic mass is 35.5. The lowest BCUT2D eigenvalue weighted by Gasteiger charge is -2.28. The fourth-order valence-electron chi connectivity index (χ4n) is 2.95. The molecule has 0 radical (unpaired) electrons. The minimum absolute atomic E-state index is 0.0439. The van der Waals surface area contributed by atoms with Crippen LogP contribution in [-0.4, -0.2) is 22.9 Å². The first-order chi connectivity index (χ1) is 10.1. The van der Waals surface area contributed by atoms with E-state index in [1.54, 1.807) is 18.2 Å². The molecule has 0 bridgehead atoms. The van der Waals surface area contributed by atoms with Gasteiger partial charge in [-0.2, -0.15) is 0 Å². The van der Waals surface area contributed by atoms with Gasteiger partial charge in [-0.1, -0.05) is 43.0 Å². The lowest BCUT2D eigenvalue weighted by molar-refractivity contribution is -0.124. The summed E-state index contributed by atoms with van der Waals surface area (Å²) in [6.45, 7) is 0. The summed E-state index contributed by atoms with van der Waals surface area (Å²) in [5.74, 6) is -0.221. The molecule has 4 nitrogen and oxygen atoms in total. The highest BCUT2D eigenvalue weighted by molar-refractivity contribution is 6.30. The van der Waals surface area contributed by atoms with Crippen molar-refractivity contribution in [3.8, 4) is 0 Å². The second kappa shape index (κ2) is 5.90. The van der Waals surface area contributed by atoms with E-state index in [1.807, 2.05) is 12.1 Å². The summed E-state index contributed by atoms with van der Waals surface area (Å²) in [6.07, 6.45) is 6.86. The molecule has 110 valence electrons. The Hall–Kier alpha value is -1.81. The number of carbonyl (C=O) groups excluding carboxylic acids is 2. The molecule has 2 fully saturated rings. The van der Waals surface area contributed by atoms with Gasteiger partial charge in [0.2, 0.25) is 0 Å². The Morgan fingerprint density at radius 1 is 1.10 bits per heavy atom. The van der Waals surface area contributed by atoms with Gasteiger partial charge in [0, 0.05) is 11.1 Å². The number of carbonyl (C=O) groups is 2. The van der Waals surface area contributed by atoms with E-state index >= 15 is 0 Å². The van der Waals surface area contributed by atoms with Crippen LogP contribution in [0.4, 0.5) is 4.79 Å². The van der Waals surface area contributed by atoms with Crippen LogP contribution >= 0.6 is 11.6 Å². The van der Waals surface area contributed by atoms with E-state index in [2.05, 4.69) is 5.32 Å². The second-order valence-electron chi connectivity index (χ2n) is 5.51. The van der Waals surface area contributed by atoms with Crippen molar-refractivity contribution in [2.24, 2.45) is 0 Å². The molecule has 1 heterocycles. The van der Waals surface area contributed by atoms with Crippen molar-refractivity contribution in [3.63, 3.8) is 0 Å². The normalized spacial score (nSPS) is 22.0. The molecule has 0 aromatic heterocycles. The molecule has 1 aromatic rings. The lowest BCUT2D eigenvalue weighted by Crippen LogP contribution is -2.41. The van der Waals surface area contributed by atoms with Gasteiger partial charge < -0.3 is 5.32 Å². The Bertz CT molecular complexity index is 589. The van der Waals surface area contributed by atoms with Gasteiger partial charge in [0.15, 0.2) is 0 Å². The Morgan fingerprint density at radius 3 is 2.43 bits per heavy atom. The molecule has 1 aliphatic heterocycles. The third-order valence-corrected chi connectivity index (χ3v) is 4.28. The fraction of sp³-hybridized carbons (Fsp3) is 0.375. The van der Waals surface area contributed by atoms with Gasteiger partial charge in [-0.25, -0.2) is 4.79 Å². The molecule has 1 N–H and O–H groups in total. The van der Waals surface area contributed by atoms with Crippen LogP contribution in [0.15, 0.2) is 30.0 Å². The van der Waals surface area contributed by atoms with Crippen molar-refractivity contribution < 1.29 is 9.59 Å². The third kappa shape index (κ3) is 2.95. The maximum absolute atomic E-state index is 12.4. The van der Waals surface area contributed by atoms with Crippen LogP contribution in [0, 0.1) is 0 Å². The standard InChI is InChI=1S/C16H17ClN2O2/c17-12-8-6-11(7-9-12)10-14-15(20)19(16(21)18-14)13-4-2-1-3-5-13/h6-10,13H,1-5H2,(H,18,21)/b14-10-. The topological polar surface area (TPSA) is 49.4 Å². The fourth-order valence-corrected chi connectivity index (χ4v) is 3.07. The molecule has 1 aromatic carbocycles. The Balaban J connectivity index is 1.80. The zero-order valence-corrected chi connectivity index (χ0v) is 12.4. The smallest absolute Gasteiger partial charge is 0.303 e. The quantitative estimate of drug-likeness (QED) is 0.671. The van der Waals surface area contributed by atoms with Gasteiger partial charge >= 0.3 is 6.03 Å². The van der Waals surface area contributed by atoms with Gasteiger partial charge in [0.25, 0.3) is 5.91 Å². The van der Waals surface area contributed by atoms with Crippen molar-refractivity contribution >= 4 is 29.6 Å². The molecule has 0 atom stereocenters. The maximum atomic E-state index is 12.4. The average Bonchev–Trinajstić information content (AvgIpc) is 2.77. The number of imide groups is 1. The van der Waals surface area contributed by atoms with Crippen molar-refractivity contribution in [1.82, 2.24) is 10.2 Å². The van der Waals surface area contributed by atoms with Crippen molar-refractivity contribution in [2.75, 3.05) is 0 Å². The summed E-state index contributed by atoms with van der Waals surface area (Å²) in [7, 11) is 0. The number of hydrogen-bond acceptors (Lipinski definition) is 2. The molecular weight excluding hydrogens is 288 g/mol.